The van der Waals surface area contributed by atoms with Crippen LogP contribution in [0.15, 0.2) is 102 Å². The molecule has 1 aliphatic heterocycles. The van der Waals surface area contributed by atoms with E-state index in [4.69, 9.17) is 28.4 Å². The largest absolute Gasteiger partial charge is 0.456 e. The molecule has 3 fully saturated rings. The Morgan fingerprint density at radius 3 is 1.99 bits per heavy atom. The maximum atomic E-state index is 16.0. The molecule has 68 heavy (non-hydrogen) atoms. The van der Waals surface area contributed by atoms with Crippen LogP contribution in [0, 0.1) is 16.7 Å². The van der Waals surface area contributed by atoms with Crippen LogP contribution in [0.3, 0.4) is 0 Å². The van der Waals surface area contributed by atoms with E-state index in [1.54, 1.807) is 92.7 Å². The summed E-state index contributed by atoms with van der Waals surface area (Å²) in [6, 6.07) is 22.9. The van der Waals surface area contributed by atoms with Gasteiger partial charge in [-0.25, -0.2) is 14.4 Å². The predicted octanol–water partition coefficient (Wildman–Crippen LogP) is 4.88. The Morgan fingerprint density at radius 1 is 0.824 bits per heavy atom. The fourth-order valence-corrected chi connectivity index (χ4v) is 10.7. The molecule has 3 aromatic carbocycles. The third kappa shape index (κ3) is 8.78. The maximum Gasteiger partial charge on any atom is 0.407 e. The lowest BCUT2D eigenvalue weighted by molar-refractivity contribution is -0.345. The predicted molar refractivity (Wildman–Crippen MR) is 240 cm³/mol. The van der Waals surface area contributed by atoms with Crippen molar-refractivity contribution >= 4 is 41.7 Å². The molecule has 17 nitrogen and oxygen atoms in total. The molecule has 3 aromatic rings. The van der Waals surface area contributed by atoms with Crippen molar-refractivity contribution in [1.29, 1.82) is 0 Å². The molecule has 362 valence electrons. The molecule has 0 aromatic heterocycles. The summed E-state index contributed by atoms with van der Waals surface area (Å²) in [7, 11) is 0. The molecule has 2 saturated carbocycles. The number of benzene rings is 3. The van der Waals surface area contributed by atoms with E-state index >= 15 is 4.79 Å². The molecule has 2 bridgehead atoms. The highest BCUT2D eigenvalue weighted by Gasteiger charge is 2.79. The molecule has 17 heteroatoms. The van der Waals surface area contributed by atoms with Gasteiger partial charge >= 0.3 is 30.0 Å². The zero-order valence-corrected chi connectivity index (χ0v) is 39.0. The topological polar surface area (TPSA) is 239 Å². The van der Waals surface area contributed by atoms with Crippen molar-refractivity contribution < 1.29 is 72.2 Å². The Labute approximate surface area is 393 Å². The van der Waals surface area contributed by atoms with E-state index in [2.05, 4.69) is 10.6 Å². The molecule has 2 unspecified atom stereocenters. The van der Waals surface area contributed by atoms with Crippen LogP contribution >= 0.6 is 0 Å². The van der Waals surface area contributed by atoms with Gasteiger partial charge in [0.15, 0.2) is 23.6 Å². The number of rotatable bonds is 13. The standard InChI is InChI=1S/C51H58N2O15/c1-8-24-52-47(61)66-35-25-36-50(27-63-36,68-30(4)55)41-43(67-45(59)33-22-16-11-17-23-33)51(62)26-34(28(2)37(48(51,5)6)40(64-29(3)54)42(57)49(35,41)7)65-46(60)39(56)38(31-18-12-9-13-19-31)53-44(58)32-20-14-10-15-21-32/h9-23,34-36,38-41,43,56,62H,8,24-27H2,1-7H3,(H,52,61)(H,53,58)/t34-,35-,36?,38-,39+,40+,41-,43-,49?,50-,51+/m0/s1. The highest BCUT2D eigenvalue weighted by atomic mass is 16.6. The highest BCUT2D eigenvalue weighted by Crippen LogP contribution is 2.65. The minimum absolute atomic E-state index is 0.0288. The Bertz CT molecular complexity index is 2460. The van der Waals surface area contributed by atoms with Crippen LogP contribution in [0.5, 0.6) is 0 Å². The first-order valence-electron chi connectivity index (χ1n) is 22.7. The number of alkyl carbamates (subject to hydrolysis) is 1. The Hall–Kier alpha value is -6.43. The van der Waals surface area contributed by atoms with Crippen LogP contribution in [0.4, 0.5) is 4.79 Å². The molecule has 1 heterocycles. The number of amides is 2. The average molecular weight is 939 g/mol. The van der Waals surface area contributed by atoms with E-state index in [-0.39, 0.29) is 41.8 Å². The maximum absolute atomic E-state index is 16.0. The van der Waals surface area contributed by atoms with Gasteiger partial charge in [-0.05, 0) is 61.2 Å². The summed E-state index contributed by atoms with van der Waals surface area (Å²) in [5.41, 5.74) is -7.35. The summed E-state index contributed by atoms with van der Waals surface area (Å²) in [5, 5.41) is 31.2. The lowest BCUT2D eigenvalue weighted by Gasteiger charge is -2.67. The molecule has 0 spiro atoms. The second-order valence-corrected chi connectivity index (χ2v) is 18.7. The van der Waals surface area contributed by atoms with Crippen LogP contribution in [0.2, 0.25) is 0 Å². The van der Waals surface area contributed by atoms with Crippen LogP contribution < -0.4 is 10.6 Å². The molecule has 7 rings (SSSR count). The van der Waals surface area contributed by atoms with E-state index in [9.17, 15) is 39.0 Å². The molecular weight excluding hydrogens is 881 g/mol. The minimum Gasteiger partial charge on any atom is -0.456 e. The highest BCUT2D eigenvalue weighted by molar-refractivity contribution is 5.96. The van der Waals surface area contributed by atoms with Gasteiger partial charge in [0.25, 0.3) is 5.91 Å². The van der Waals surface area contributed by atoms with Crippen LogP contribution in [0.1, 0.15) is 100 Å². The van der Waals surface area contributed by atoms with Crippen molar-refractivity contribution in [3.63, 3.8) is 0 Å². The van der Waals surface area contributed by atoms with Crippen LogP contribution in [-0.2, 0) is 47.6 Å². The summed E-state index contributed by atoms with van der Waals surface area (Å²) in [5.74, 6) is -7.02. The summed E-state index contributed by atoms with van der Waals surface area (Å²) in [6.07, 6.45) is -11.0. The summed E-state index contributed by atoms with van der Waals surface area (Å²) in [6.45, 7) is 9.99. The van der Waals surface area contributed by atoms with Crippen molar-refractivity contribution in [3.05, 3.63) is 119 Å². The number of carbonyl (C=O) groups is 7. The van der Waals surface area contributed by atoms with Gasteiger partial charge < -0.3 is 49.3 Å². The van der Waals surface area contributed by atoms with Gasteiger partial charge in [0.05, 0.1) is 29.5 Å². The number of Topliss-reactive ketones (excluding diaryl/α,β-unsaturated/α-hetero) is 1. The monoisotopic (exact) mass is 938 g/mol. The molecule has 4 N–H and O–H groups in total. The molecule has 0 radical (unpaired) electrons. The van der Waals surface area contributed by atoms with Gasteiger partial charge in [0.1, 0.15) is 30.0 Å². The quantitative estimate of drug-likeness (QED) is 0.102. The van der Waals surface area contributed by atoms with Gasteiger partial charge in [0, 0.05) is 44.2 Å². The van der Waals surface area contributed by atoms with E-state index in [0.717, 1.165) is 13.8 Å². The number of ether oxygens (including phenoxy) is 6. The fraction of sp³-hybridized carbons (Fsp3) is 0.471. The first-order chi connectivity index (χ1) is 32.2. The van der Waals surface area contributed by atoms with Crippen molar-refractivity contribution in [2.45, 2.75) is 122 Å². The summed E-state index contributed by atoms with van der Waals surface area (Å²) in [4.78, 5) is 98.5. The third-order valence-electron chi connectivity index (χ3n) is 14.2. The van der Waals surface area contributed by atoms with Crippen molar-refractivity contribution in [1.82, 2.24) is 10.6 Å². The van der Waals surface area contributed by atoms with Gasteiger partial charge in [-0.3, -0.25) is 19.2 Å². The summed E-state index contributed by atoms with van der Waals surface area (Å²) >= 11 is 0. The number of ketones is 1. The minimum atomic E-state index is -2.45. The number of hydrogen-bond acceptors (Lipinski definition) is 15. The normalized spacial score (nSPS) is 29.9. The second kappa shape index (κ2) is 19.3. The first kappa shape index (κ1) is 49.5. The van der Waals surface area contributed by atoms with Crippen molar-refractivity contribution in [3.8, 4) is 0 Å². The number of fused-ring (bicyclic) bond motifs is 5. The van der Waals surface area contributed by atoms with Crippen molar-refractivity contribution in [2.24, 2.45) is 16.7 Å². The third-order valence-corrected chi connectivity index (χ3v) is 14.2. The van der Waals surface area contributed by atoms with Gasteiger partial charge in [-0.15, -0.1) is 0 Å². The number of aliphatic hydroxyl groups excluding tert-OH is 1. The Kier molecular flexibility index (Phi) is 14.0. The molecule has 4 aliphatic rings. The zero-order chi connectivity index (χ0) is 49.3. The second-order valence-electron chi connectivity index (χ2n) is 18.7. The molecule has 1 saturated heterocycles. The van der Waals surface area contributed by atoms with E-state index in [1.807, 2.05) is 6.92 Å². The van der Waals surface area contributed by atoms with Gasteiger partial charge in [-0.2, -0.15) is 0 Å². The summed E-state index contributed by atoms with van der Waals surface area (Å²) < 4.78 is 37.0. The number of esters is 4. The van der Waals surface area contributed by atoms with E-state index in [0.29, 0.717) is 12.0 Å². The Morgan fingerprint density at radius 2 is 1.43 bits per heavy atom. The SMILES string of the molecule is CCCNC(=O)O[C@H]1CC2OC[C@@]2(OC(C)=O)[C@H]2[C@H](OC(=O)c3ccccc3)[C@]3(O)C[C@H](OC(=O)[C@H](O)[C@@H](NC(=O)c4ccccc4)c4ccccc4)C(C)=C([C@@H](OC(C)=O)C(=O)C12C)C3(C)C. The Balaban J connectivity index is 1.42. The van der Waals surface area contributed by atoms with Gasteiger partial charge in [-0.1, -0.05) is 87.5 Å². The first-order valence-corrected chi connectivity index (χ1v) is 22.7. The van der Waals surface area contributed by atoms with Crippen molar-refractivity contribution in [2.75, 3.05) is 13.2 Å². The smallest absolute Gasteiger partial charge is 0.407 e. The number of hydrogen-bond donors (Lipinski definition) is 4. The molecule has 11 atom stereocenters. The fourth-order valence-electron chi connectivity index (χ4n) is 10.7. The van der Waals surface area contributed by atoms with E-state index < -0.39 is 119 Å². The van der Waals surface area contributed by atoms with E-state index in [1.165, 1.54) is 26.0 Å². The van der Waals surface area contributed by atoms with Gasteiger partial charge in [0.2, 0.25) is 0 Å². The number of aliphatic hydroxyl groups is 2. The van der Waals surface area contributed by atoms with Crippen LogP contribution in [-0.4, -0.2) is 113 Å². The average Bonchev–Trinajstić information content (AvgIpc) is 3.30. The van der Waals surface area contributed by atoms with Crippen LogP contribution in [0.25, 0.3) is 0 Å². The zero-order valence-electron chi connectivity index (χ0n) is 39.0. The lowest BCUT2D eigenvalue weighted by Crippen LogP contribution is -2.82. The lowest BCUT2D eigenvalue weighted by atomic mass is 9.44. The molecule has 3 aliphatic carbocycles. The number of carbonyl (C=O) groups excluding carboxylic acids is 7. The molecule has 2 amide bonds. The molecular formula is C51H58N2O15. The number of nitrogens with one attached hydrogen (secondary N) is 2.